The molecule has 0 aromatic carbocycles. The molecule has 0 rings (SSSR count). The number of hydrogen-bond acceptors (Lipinski definition) is 10. The second-order valence-electron chi connectivity index (χ2n) is 18.0. The first-order valence-corrected chi connectivity index (χ1v) is 26.8. The van der Waals surface area contributed by atoms with E-state index in [1.165, 1.54) is 96.3 Å². The van der Waals surface area contributed by atoms with Gasteiger partial charge < -0.3 is 28.6 Å². The van der Waals surface area contributed by atoms with E-state index in [1.54, 1.807) is 0 Å². The number of unbranched alkanes of at least 4 members (excludes halogenated alkanes) is 24. The van der Waals surface area contributed by atoms with Crippen LogP contribution in [-0.2, 0) is 42.9 Å². The summed E-state index contributed by atoms with van der Waals surface area (Å²) in [5.74, 6) is -1.98. The van der Waals surface area contributed by atoms with Crippen molar-refractivity contribution in [3.05, 3.63) is 0 Å². The van der Waals surface area contributed by atoms with Crippen LogP contribution in [-0.4, -0.2) is 87.0 Å². The molecule has 372 valence electrons. The van der Waals surface area contributed by atoms with Gasteiger partial charge in [0.2, 0.25) is 0 Å². The van der Waals surface area contributed by atoms with Crippen molar-refractivity contribution >= 4 is 23.9 Å². The minimum absolute atomic E-state index is 0.0709. The minimum atomic E-state index is -0.970. The van der Waals surface area contributed by atoms with Gasteiger partial charge in [0.1, 0.15) is 12.7 Å². The molecule has 10 heteroatoms. The molecule has 0 spiro atoms. The summed E-state index contributed by atoms with van der Waals surface area (Å²) in [6.07, 6.45) is 30.4. The van der Waals surface area contributed by atoms with Gasteiger partial charge in [-0.3, -0.25) is 19.2 Å². The average Bonchev–Trinajstić information content (AvgIpc) is 3.28. The maximum Gasteiger partial charge on any atom is 0.306 e. The zero-order valence-corrected chi connectivity index (χ0v) is 42.1. The van der Waals surface area contributed by atoms with E-state index in [0.717, 1.165) is 103 Å². The summed E-state index contributed by atoms with van der Waals surface area (Å²) >= 11 is 0. The van der Waals surface area contributed by atoms with Crippen molar-refractivity contribution in [2.75, 3.05) is 46.1 Å². The fourth-order valence-electron chi connectivity index (χ4n) is 7.95. The van der Waals surface area contributed by atoms with Crippen molar-refractivity contribution in [1.82, 2.24) is 4.90 Å². The highest BCUT2D eigenvalue weighted by Crippen LogP contribution is 2.22. The highest BCUT2D eigenvalue weighted by atomic mass is 16.6. The van der Waals surface area contributed by atoms with Crippen LogP contribution in [0.4, 0.5) is 0 Å². The van der Waals surface area contributed by atoms with Gasteiger partial charge in [0.15, 0.2) is 6.10 Å². The summed E-state index contributed by atoms with van der Waals surface area (Å²) < 4.78 is 30.6. The molecular formula is C53H101NO9. The number of esters is 4. The van der Waals surface area contributed by atoms with Crippen molar-refractivity contribution in [3.8, 4) is 0 Å². The number of hydrogen-bond donors (Lipinski definition) is 0. The Labute approximate surface area is 388 Å². The Morgan fingerprint density at radius 1 is 0.381 bits per heavy atom. The van der Waals surface area contributed by atoms with Gasteiger partial charge in [0, 0.05) is 38.8 Å². The smallest absolute Gasteiger partial charge is 0.306 e. The standard InChI is InChI=1S/C53H101NO9/c1-7-13-17-21-25-29-33-38-49(55)60-44-47(45-61-50(56)39-34-30-26-22-18-14-8-2)53(59-43-37-42-54(11-5)12-6)48(63-52(58)41-36-32-28-24-20-16-10-4)46-62-51(57)40-35-31-27-23-19-15-9-3/h47-48,53H,7-46H2,1-6H3. The summed E-state index contributed by atoms with van der Waals surface area (Å²) in [4.78, 5) is 55.4. The zero-order valence-electron chi connectivity index (χ0n) is 42.1. The molecule has 0 fully saturated rings. The molecule has 0 aliphatic heterocycles. The van der Waals surface area contributed by atoms with Gasteiger partial charge in [-0.25, -0.2) is 0 Å². The first-order valence-electron chi connectivity index (χ1n) is 26.8. The third kappa shape index (κ3) is 38.8. The Balaban J connectivity index is 6.25. The Bertz CT molecular complexity index is 1020. The lowest BCUT2D eigenvalue weighted by Crippen LogP contribution is -2.46. The van der Waals surface area contributed by atoms with E-state index in [0.29, 0.717) is 25.9 Å². The summed E-state index contributed by atoms with van der Waals surface area (Å²) in [7, 11) is 0. The molecule has 0 N–H and O–H groups in total. The Hall–Kier alpha value is -2.20. The number of carbonyl (C=O) groups is 4. The molecule has 0 amide bonds. The van der Waals surface area contributed by atoms with Crippen LogP contribution in [0.1, 0.15) is 253 Å². The molecule has 2 unspecified atom stereocenters. The number of ether oxygens (including phenoxy) is 5. The molecule has 0 aliphatic carbocycles. The quantitative estimate of drug-likeness (QED) is 0.0332. The fourth-order valence-corrected chi connectivity index (χ4v) is 7.95. The van der Waals surface area contributed by atoms with Crippen molar-refractivity contribution in [3.63, 3.8) is 0 Å². The minimum Gasteiger partial charge on any atom is -0.465 e. The second-order valence-corrected chi connectivity index (χ2v) is 18.0. The molecule has 63 heavy (non-hydrogen) atoms. The highest BCUT2D eigenvalue weighted by Gasteiger charge is 2.36. The predicted octanol–water partition coefficient (Wildman–Crippen LogP) is 13.8. The Morgan fingerprint density at radius 3 is 1.05 bits per heavy atom. The van der Waals surface area contributed by atoms with Gasteiger partial charge in [-0.1, -0.05) is 196 Å². The van der Waals surface area contributed by atoms with Crippen LogP contribution in [0.25, 0.3) is 0 Å². The van der Waals surface area contributed by atoms with E-state index in [-0.39, 0.29) is 56.5 Å². The van der Waals surface area contributed by atoms with Crippen LogP contribution in [0.15, 0.2) is 0 Å². The van der Waals surface area contributed by atoms with E-state index in [4.69, 9.17) is 23.7 Å². The molecule has 0 saturated carbocycles. The summed E-state index contributed by atoms with van der Waals surface area (Å²) in [6.45, 7) is 15.7. The van der Waals surface area contributed by atoms with Crippen LogP contribution in [0.3, 0.4) is 0 Å². The topological polar surface area (TPSA) is 118 Å². The second kappa shape index (κ2) is 46.3. The molecule has 0 saturated heterocycles. The lowest BCUT2D eigenvalue weighted by molar-refractivity contribution is -0.180. The van der Waals surface area contributed by atoms with E-state index in [9.17, 15) is 19.2 Å². The maximum atomic E-state index is 13.6. The summed E-state index contributed by atoms with van der Waals surface area (Å²) in [5.41, 5.74) is 0. The monoisotopic (exact) mass is 896 g/mol. The Morgan fingerprint density at radius 2 is 0.698 bits per heavy atom. The van der Waals surface area contributed by atoms with E-state index in [1.807, 2.05) is 0 Å². The molecule has 0 bridgehead atoms. The van der Waals surface area contributed by atoms with Crippen LogP contribution >= 0.6 is 0 Å². The van der Waals surface area contributed by atoms with Gasteiger partial charge in [-0.2, -0.15) is 0 Å². The van der Waals surface area contributed by atoms with Crippen molar-refractivity contribution in [1.29, 1.82) is 0 Å². The highest BCUT2D eigenvalue weighted by molar-refractivity contribution is 5.71. The molecule has 0 aliphatic rings. The summed E-state index contributed by atoms with van der Waals surface area (Å²) in [5, 5.41) is 0. The number of nitrogens with zero attached hydrogens (tertiary/aromatic N) is 1. The van der Waals surface area contributed by atoms with Gasteiger partial charge >= 0.3 is 23.9 Å². The Kier molecular flexibility index (Phi) is 44.7. The fraction of sp³-hybridized carbons (Fsp3) is 0.925. The lowest BCUT2D eigenvalue weighted by Gasteiger charge is -2.33. The van der Waals surface area contributed by atoms with Gasteiger partial charge in [-0.05, 0) is 45.2 Å². The number of rotatable bonds is 48. The predicted molar refractivity (Wildman–Crippen MR) is 259 cm³/mol. The third-order valence-electron chi connectivity index (χ3n) is 12.2. The largest absolute Gasteiger partial charge is 0.465 e. The van der Waals surface area contributed by atoms with Crippen molar-refractivity contribution in [2.24, 2.45) is 5.92 Å². The molecule has 0 aromatic heterocycles. The summed E-state index contributed by atoms with van der Waals surface area (Å²) in [6, 6.07) is 0. The van der Waals surface area contributed by atoms with E-state index < -0.39 is 18.1 Å². The molecule has 10 nitrogen and oxygen atoms in total. The molecule has 0 aromatic rings. The van der Waals surface area contributed by atoms with Crippen molar-refractivity contribution < 1.29 is 42.9 Å². The molecule has 2 atom stereocenters. The van der Waals surface area contributed by atoms with Gasteiger partial charge in [0.25, 0.3) is 0 Å². The van der Waals surface area contributed by atoms with Crippen molar-refractivity contribution in [2.45, 2.75) is 266 Å². The first-order chi connectivity index (χ1) is 30.8. The lowest BCUT2D eigenvalue weighted by atomic mass is 9.98. The number of carbonyl (C=O) groups excluding carboxylic acids is 4. The first kappa shape index (κ1) is 60.8. The maximum absolute atomic E-state index is 13.6. The van der Waals surface area contributed by atoms with Crippen LogP contribution in [0, 0.1) is 5.92 Å². The van der Waals surface area contributed by atoms with E-state index in [2.05, 4.69) is 46.4 Å². The average molecular weight is 896 g/mol. The molecular weight excluding hydrogens is 795 g/mol. The van der Waals surface area contributed by atoms with Gasteiger partial charge in [-0.15, -0.1) is 0 Å². The zero-order chi connectivity index (χ0) is 46.4. The van der Waals surface area contributed by atoms with Crippen LogP contribution in [0.5, 0.6) is 0 Å². The van der Waals surface area contributed by atoms with E-state index >= 15 is 0 Å². The van der Waals surface area contributed by atoms with Crippen LogP contribution in [0.2, 0.25) is 0 Å². The molecule has 0 heterocycles. The molecule has 0 radical (unpaired) electrons. The van der Waals surface area contributed by atoms with Crippen LogP contribution < -0.4 is 0 Å². The normalized spacial score (nSPS) is 12.4. The van der Waals surface area contributed by atoms with Gasteiger partial charge in [0.05, 0.1) is 19.1 Å². The SMILES string of the molecule is CCCCCCCCCC(=O)OCC(COC(=O)CCCCCCCCC)C(OCCCN(CC)CC)C(COC(=O)CCCCCCCCC)OC(=O)CCCCCCCCC. The third-order valence-corrected chi connectivity index (χ3v) is 12.2.